The minimum absolute atomic E-state index is 0.0106. The summed E-state index contributed by atoms with van der Waals surface area (Å²) in [7, 11) is 1.94. The van der Waals surface area contributed by atoms with Crippen LogP contribution >= 0.6 is 0 Å². The predicted molar refractivity (Wildman–Crippen MR) is 71.8 cm³/mol. The number of nitrogens with two attached hydrogens (primary N) is 1. The highest BCUT2D eigenvalue weighted by molar-refractivity contribution is 5.96. The summed E-state index contributed by atoms with van der Waals surface area (Å²) in [5.74, 6) is 0.140. The van der Waals surface area contributed by atoms with Crippen LogP contribution in [0.3, 0.4) is 0 Å². The molecule has 0 aromatic heterocycles. The summed E-state index contributed by atoms with van der Waals surface area (Å²) in [5.41, 5.74) is 7.10. The third-order valence-electron chi connectivity index (χ3n) is 3.41. The number of amidine groups is 1. The second-order valence-electron chi connectivity index (χ2n) is 4.69. The van der Waals surface area contributed by atoms with Crippen LogP contribution in [0, 0.1) is 0 Å². The average molecular weight is 262 g/mol. The van der Waals surface area contributed by atoms with Crippen molar-refractivity contribution in [2.24, 2.45) is 10.9 Å². The molecule has 0 bridgehead atoms. The molecule has 1 aromatic carbocycles. The van der Waals surface area contributed by atoms with Crippen LogP contribution in [0.25, 0.3) is 0 Å². The van der Waals surface area contributed by atoms with E-state index in [1.165, 1.54) is 0 Å². The number of oxime groups is 1. The van der Waals surface area contributed by atoms with Crippen molar-refractivity contribution >= 4 is 11.7 Å². The Bertz CT molecular complexity index is 484. The summed E-state index contributed by atoms with van der Waals surface area (Å²) < 4.78 is 0. The molecule has 2 rings (SSSR count). The number of likely N-dealkylation sites (N-methyl/N-ethyl adjacent to an activating group) is 1. The van der Waals surface area contributed by atoms with Crippen LogP contribution in [-0.2, 0) is 11.3 Å². The van der Waals surface area contributed by atoms with Crippen LogP contribution in [0.4, 0.5) is 0 Å². The SMILES string of the molecule is CN1CCC1C(=O)NCc1ccc(/C(N)=N/O)cc1. The first kappa shape index (κ1) is 13.4. The molecule has 0 saturated carbocycles. The number of rotatable bonds is 4. The van der Waals surface area contributed by atoms with Crippen molar-refractivity contribution in [1.29, 1.82) is 0 Å². The standard InChI is InChI=1S/C13H18N4O2/c1-17-7-6-11(17)13(18)15-8-9-2-4-10(5-3-9)12(14)16-19/h2-5,11,19H,6-8H2,1H3,(H2,14,16)(H,15,18). The topological polar surface area (TPSA) is 91.0 Å². The lowest BCUT2D eigenvalue weighted by Gasteiger charge is -2.36. The Kier molecular flexibility index (Phi) is 4.01. The molecule has 1 unspecified atom stereocenters. The van der Waals surface area contributed by atoms with Gasteiger partial charge in [0, 0.05) is 18.7 Å². The van der Waals surface area contributed by atoms with Crippen molar-refractivity contribution < 1.29 is 10.0 Å². The van der Waals surface area contributed by atoms with Crippen molar-refractivity contribution in [3.05, 3.63) is 35.4 Å². The maximum Gasteiger partial charge on any atom is 0.237 e. The van der Waals surface area contributed by atoms with Gasteiger partial charge in [-0.3, -0.25) is 9.69 Å². The number of hydrogen-bond donors (Lipinski definition) is 3. The fourth-order valence-corrected chi connectivity index (χ4v) is 2.01. The maximum absolute atomic E-state index is 11.8. The van der Waals surface area contributed by atoms with Crippen molar-refractivity contribution in [1.82, 2.24) is 10.2 Å². The third kappa shape index (κ3) is 3.03. The Morgan fingerprint density at radius 3 is 2.68 bits per heavy atom. The van der Waals surface area contributed by atoms with Crippen molar-refractivity contribution in [2.45, 2.75) is 19.0 Å². The molecule has 6 heteroatoms. The number of nitrogens with zero attached hydrogens (tertiary/aromatic N) is 2. The Morgan fingerprint density at radius 2 is 2.21 bits per heavy atom. The van der Waals surface area contributed by atoms with Crippen LogP contribution in [0.15, 0.2) is 29.4 Å². The Hall–Kier alpha value is -2.08. The van der Waals surface area contributed by atoms with Crippen LogP contribution in [-0.4, -0.2) is 41.5 Å². The Balaban J connectivity index is 1.88. The van der Waals surface area contributed by atoms with Crippen molar-refractivity contribution in [3.63, 3.8) is 0 Å². The lowest BCUT2D eigenvalue weighted by Crippen LogP contribution is -2.53. The monoisotopic (exact) mass is 262 g/mol. The van der Waals surface area contributed by atoms with Crippen molar-refractivity contribution in [2.75, 3.05) is 13.6 Å². The fourth-order valence-electron chi connectivity index (χ4n) is 2.01. The quantitative estimate of drug-likeness (QED) is 0.311. The van der Waals surface area contributed by atoms with Crippen molar-refractivity contribution in [3.8, 4) is 0 Å². The van der Waals surface area contributed by atoms with Crippen LogP contribution < -0.4 is 11.1 Å². The molecule has 1 aliphatic heterocycles. The van der Waals surface area contributed by atoms with Gasteiger partial charge in [-0.25, -0.2) is 0 Å². The molecule has 102 valence electrons. The van der Waals surface area contributed by atoms with Gasteiger partial charge in [0.05, 0.1) is 6.04 Å². The molecule has 6 nitrogen and oxygen atoms in total. The van der Waals surface area contributed by atoms with Crippen LogP contribution in [0.5, 0.6) is 0 Å². The van der Waals surface area contributed by atoms with E-state index in [9.17, 15) is 4.79 Å². The second-order valence-corrected chi connectivity index (χ2v) is 4.69. The van der Waals surface area contributed by atoms with E-state index in [-0.39, 0.29) is 17.8 Å². The normalized spacial score (nSPS) is 19.8. The van der Waals surface area contributed by atoms with E-state index in [0.29, 0.717) is 12.1 Å². The molecule has 0 aliphatic carbocycles. The van der Waals surface area contributed by atoms with Gasteiger partial charge in [-0.1, -0.05) is 29.4 Å². The molecule has 1 amide bonds. The summed E-state index contributed by atoms with van der Waals surface area (Å²) >= 11 is 0. The molecule has 1 atom stereocenters. The van der Waals surface area contributed by atoms with Gasteiger partial charge in [0.1, 0.15) is 0 Å². The van der Waals surface area contributed by atoms with Gasteiger partial charge in [0.25, 0.3) is 0 Å². The smallest absolute Gasteiger partial charge is 0.237 e. The number of carbonyl (C=O) groups excluding carboxylic acids is 1. The third-order valence-corrected chi connectivity index (χ3v) is 3.41. The summed E-state index contributed by atoms with van der Waals surface area (Å²) in [5, 5.41) is 14.4. The zero-order valence-corrected chi connectivity index (χ0v) is 10.8. The van der Waals surface area contributed by atoms with Gasteiger partial charge in [-0.15, -0.1) is 0 Å². The summed E-state index contributed by atoms with van der Waals surface area (Å²) in [6.45, 7) is 1.46. The lowest BCUT2D eigenvalue weighted by molar-refractivity contribution is -0.129. The maximum atomic E-state index is 11.8. The van der Waals surface area contributed by atoms with Gasteiger partial charge in [0.2, 0.25) is 5.91 Å². The fraction of sp³-hybridized carbons (Fsp3) is 0.385. The first-order valence-electron chi connectivity index (χ1n) is 6.16. The van der Waals surface area contributed by atoms with E-state index in [4.69, 9.17) is 10.9 Å². The molecule has 1 aliphatic rings. The molecule has 1 fully saturated rings. The minimum Gasteiger partial charge on any atom is -0.409 e. The van der Waals surface area contributed by atoms with Gasteiger partial charge >= 0.3 is 0 Å². The van der Waals surface area contributed by atoms with E-state index >= 15 is 0 Å². The molecule has 4 N–H and O–H groups in total. The molecule has 19 heavy (non-hydrogen) atoms. The molecular weight excluding hydrogens is 244 g/mol. The Morgan fingerprint density at radius 1 is 1.53 bits per heavy atom. The lowest BCUT2D eigenvalue weighted by atomic mass is 10.0. The largest absolute Gasteiger partial charge is 0.409 e. The molecule has 0 spiro atoms. The zero-order valence-electron chi connectivity index (χ0n) is 10.8. The molecule has 1 aromatic rings. The van der Waals surface area contributed by atoms with Gasteiger partial charge < -0.3 is 16.3 Å². The van der Waals surface area contributed by atoms with E-state index in [1.807, 2.05) is 24.1 Å². The first-order chi connectivity index (χ1) is 9.11. The molecule has 1 saturated heterocycles. The number of carbonyl (C=O) groups is 1. The summed E-state index contributed by atoms with van der Waals surface area (Å²) in [6, 6.07) is 7.21. The summed E-state index contributed by atoms with van der Waals surface area (Å²) in [4.78, 5) is 13.8. The van der Waals surface area contributed by atoms with E-state index in [0.717, 1.165) is 18.5 Å². The van der Waals surface area contributed by atoms with Gasteiger partial charge in [0.15, 0.2) is 5.84 Å². The van der Waals surface area contributed by atoms with Gasteiger partial charge in [-0.2, -0.15) is 0 Å². The van der Waals surface area contributed by atoms with E-state index < -0.39 is 0 Å². The molecular formula is C13H18N4O2. The number of likely N-dealkylation sites (tertiary alicyclic amines) is 1. The molecule has 0 radical (unpaired) electrons. The number of amides is 1. The Labute approximate surface area is 111 Å². The van der Waals surface area contributed by atoms with E-state index in [1.54, 1.807) is 12.1 Å². The average Bonchev–Trinajstić information content (AvgIpc) is 2.43. The second kappa shape index (κ2) is 5.71. The predicted octanol–water partition coefficient (Wildman–Crippen LogP) is 0.101. The van der Waals surface area contributed by atoms with E-state index in [2.05, 4.69) is 10.5 Å². The van der Waals surface area contributed by atoms with Gasteiger partial charge in [-0.05, 0) is 19.0 Å². The number of benzene rings is 1. The number of hydrogen-bond acceptors (Lipinski definition) is 4. The summed E-state index contributed by atoms with van der Waals surface area (Å²) in [6.07, 6.45) is 0.921. The highest BCUT2D eigenvalue weighted by Crippen LogP contribution is 2.14. The van der Waals surface area contributed by atoms with Crippen LogP contribution in [0.1, 0.15) is 17.5 Å². The minimum atomic E-state index is 0.0106. The molecule has 1 heterocycles. The zero-order chi connectivity index (χ0) is 13.8. The highest BCUT2D eigenvalue weighted by Gasteiger charge is 2.30. The van der Waals surface area contributed by atoms with Crippen LogP contribution in [0.2, 0.25) is 0 Å². The number of nitrogens with one attached hydrogen (secondary N) is 1. The highest BCUT2D eigenvalue weighted by atomic mass is 16.4. The first-order valence-corrected chi connectivity index (χ1v) is 6.16.